The summed E-state index contributed by atoms with van der Waals surface area (Å²) < 4.78 is 0. The molecule has 1 saturated heterocycles. The Kier molecular flexibility index (Phi) is 7.89. The predicted molar refractivity (Wildman–Crippen MR) is 123 cm³/mol. The summed E-state index contributed by atoms with van der Waals surface area (Å²) in [4.78, 5) is 29.3. The molecule has 2 aromatic rings. The number of rotatable bonds is 8. The van der Waals surface area contributed by atoms with Crippen molar-refractivity contribution in [3.05, 3.63) is 60.2 Å². The minimum absolute atomic E-state index is 0.0832. The van der Waals surface area contributed by atoms with Gasteiger partial charge in [-0.3, -0.25) is 9.59 Å². The van der Waals surface area contributed by atoms with Crippen molar-refractivity contribution in [1.82, 2.24) is 4.90 Å². The van der Waals surface area contributed by atoms with Crippen LogP contribution in [0.4, 0.5) is 11.4 Å². The first-order chi connectivity index (χ1) is 14.6. The second kappa shape index (κ2) is 10.8. The van der Waals surface area contributed by atoms with Gasteiger partial charge < -0.3 is 15.1 Å². The average Bonchev–Trinajstić information content (AvgIpc) is 2.80. The van der Waals surface area contributed by atoms with E-state index in [4.69, 9.17) is 0 Å². The van der Waals surface area contributed by atoms with Crippen molar-refractivity contribution in [2.45, 2.75) is 39.5 Å². The normalized spacial score (nSPS) is 15.0. The van der Waals surface area contributed by atoms with Crippen LogP contribution in [-0.4, -0.2) is 42.9 Å². The highest BCUT2D eigenvalue weighted by Crippen LogP contribution is 2.22. The largest absolute Gasteiger partial charge is 0.368 e. The van der Waals surface area contributed by atoms with E-state index in [1.54, 1.807) is 0 Å². The third-order valence-electron chi connectivity index (χ3n) is 5.86. The summed E-state index contributed by atoms with van der Waals surface area (Å²) >= 11 is 0. The van der Waals surface area contributed by atoms with Gasteiger partial charge in [-0.15, -0.1) is 0 Å². The Hall–Kier alpha value is -2.82. The zero-order valence-electron chi connectivity index (χ0n) is 18.1. The van der Waals surface area contributed by atoms with Gasteiger partial charge in [0.25, 0.3) is 5.91 Å². The van der Waals surface area contributed by atoms with Crippen molar-refractivity contribution in [2.24, 2.45) is 5.92 Å². The molecule has 2 aromatic carbocycles. The van der Waals surface area contributed by atoms with Gasteiger partial charge >= 0.3 is 0 Å². The maximum Gasteiger partial charge on any atom is 0.253 e. The van der Waals surface area contributed by atoms with Gasteiger partial charge in [-0.05, 0) is 49.2 Å². The lowest BCUT2D eigenvalue weighted by Gasteiger charge is -2.36. The molecular formula is C25H33N3O2. The number of benzene rings is 2. The summed E-state index contributed by atoms with van der Waals surface area (Å²) in [6.45, 7) is 7.26. The van der Waals surface area contributed by atoms with Crippen LogP contribution in [0, 0.1) is 5.92 Å². The minimum atomic E-state index is 0.0832. The molecule has 1 aliphatic heterocycles. The van der Waals surface area contributed by atoms with Crippen molar-refractivity contribution >= 4 is 23.2 Å². The van der Waals surface area contributed by atoms with Crippen molar-refractivity contribution in [3.63, 3.8) is 0 Å². The number of unbranched alkanes of at least 4 members (excludes halogenated alkanes) is 1. The van der Waals surface area contributed by atoms with Gasteiger partial charge in [-0.2, -0.15) is 0 Å². The van der Waals surface area contributed by atoms with Gasteiger partial charge in [0.1, 0.15) is 0 Å². The lowest BCUT2D eigenvalue weighted by atomic mass is 9.98. The zero-order valence-corrected chi connectivity index (χ0v) is 18.1. The summed E-state index contributed by atoms with van der Waals surface area (Å²) in [5.41, 5.74) is 2.71. The smallest absolute Gasteiger partial charge is 0.253 e. The van der Waals surface area contributed by atoms with E-state index in [-0.39, 0.29) is 17.7 Å². The van der Waals surface area contributed by atoms with Crippen LogP contribution < -0.4 is 10.2 Å². The van der Waals surface area contributed by atoms with Crippen LogP contribution in [0.3, 0.4) is 0 Å². The van der Waals surface area contributed by atoms with Gasteiger partial charge in [0.15, 0.2) is 0 Å². The second-order valence-electron chi connectivity index (χ2n) is 7.93. The van der Waals surface area contributed by atoms with Crippen LogP contribution >= 0.6 is 0 Å². The number of nitrogens with one attached hydrogen (secondary N) is 1. The third-order valence-corrected chi connectivity index (χ3v) is 5.86. The minimum Gasteiger partial charge on any atom is -0.368 e. The Balaban J connectivity index is 1.52. The fraction of sp³-hybridized carbons (Fsp3) is 0.440. The van der Waals surface area contributed by atoms with E-state index in [2.05, 4.69) is 36.2 Å². The zero-order chi connectivity index (χ0) is 21.3. The van der Waals surface area contributed by atoms with E-state index in [1.165, 1.54) is 0 Å². The first-order valence-corrected chi connectivity index (χ1v) is 11.1. The molecular weight excluding hydrogens is 374 g/mol. The van der Waals surface area contributed by atoms with E-state index in [0.717, 1.165) is 55.7 Å². The first kappa shape index (κ1) is 21.9. The van der Waals surface area contributed by atoms with Gasteiger partial charge in [-0.1, -0.05) is 44.9 Å². The van der Waals surface area contributed by atoms with Crippen LogP contribution in [0.25, 0.3) is 0 Å². The number of hydrogen-bond donors (Lipinski definition) is 1. The van der Waals surface area contributed by atoms with E-state index < -0.39 is 0 Å². The van der Waals surface area contributed by atoms with Crippen LogP contribution in [0.1, 0.15) is 49.9 Å². The highest BCUT2D eigenvalue weighted by Gasteiger charge is 2.22. The Bertz CT molecular complexity index is 812. The quantitative estimate of drug-likeness (QED) is 0.684. The van der Waals surface area contributed by atoms with Gasteiger partial charge in [0, 0.05) is 49.0 Å². The SMILES string of the molecule is CCCC[C@H](CC)C(=O)Nc1ccc(N2CCN(C(=O)c3ccccc3)CC2)cc1. The number of anilines is 2. The number of piperazine rings is 1. The van der Waals surface area contributed by atoms with Gasteiger partial charge in [0.05, 0.1) is 0 Å². The molecule has 30 heavy (non-hydrogen) atoms. The summed E-state index contributed by atoms with van der Waals surface area (Å²) in [7, 11) is 0. The number of carbonyl (C=O) groups excluding carboxylic acids is 2. The molecule has 5 heteroatoms. The molecule has 0 aliphatic carbocycles. The summed E-state index contributed by atoms with van der Waals surface area (Å²) in [5, 5.41) is 3.06. The third kappa shape index (κ3) is 5.62. The molecule has 2 amide bonds. The topological polar surface area (TPSA) is 52.7 Å². The molecule has 1 heterocycles. The first-order valence-electron chi connectivity index (χ1n) is 11.1. The highest BCUT2D eigenvalue weighted by atomic mass is 16.2. The molecule has 0 spiro atoms. The maximum absolute atomic E-state index is 12.6. The Labute approximate surface area is 180 Å². The summed E-state index contributed by atoms with van der Waals surface area (Å²) in [5.74, 6) is 0.299. The van der Waals surface area contributed by atoms with Gasteiger partial charge in [-0.25, -0.2) is 0 Å². The monoisotopic (exact) mass is 407 g/mol. The van der Waals surface area contributed by atoms with Crippen molar-refractivity contribution in [2.75, 3.05) is 36.4 Å². The van der Waals surface area contributed by atoms with Crippen molar-refractivity contribution in [1.29, 1.82) is 0 Å². The fourth-order valence-electron chi connectivity index (χ4n) is 3.90. The van der Waals surface area contributed by atoms with E-state index in [9.17, 15) is 9.59 Å². The number of nitrogens with zero attached hydrogens (tertiary/aromatic N) is 2. The van der Waals surface area contributed by atoms with Crippen molar-refractivity contribution < 1.29 is 9.59 Å². The van der Waals surface area contributed by atoms with Gasteiger partial charge in [0.2, 0.25) is 5.91 Å². The molecule has 3 rings (SSSR count). The van der Waals surface area contributed by atoms with E-state index >= 15 is 0 Å². The Morgan fingerprint density at radius 2 is 1.60 bits per heavy atom. The van der Waals surface area contributed by atoms with Crippen LogP contribution in [-0.2, 0) is 4.79 Å². The molecule has 0 unspecified atom stereocenters. The molecule has 1 aliphatic rings. The molecule has 1 fully saturated rings. The number of hydrogen-bond acceptors (Lipinski definition) is 3. The standard InChI is InChI=1S/C25H33N3O2/c1-3-5-9-20(4-2)24(29)26-22-12-14-23(15-13-22)27-16-18-28(19-17-27)25(30)21-10-7-6-8-11-21/h6-8,10-15,20H,3-5,9,16-19H2,1-2H3,(H,26,29)/t20-/m0/s1. The highest BCUT2D eigenvalue weighted by molar-refractivity contribution is 5.94. The van der Waals surface area contributed by atoms with Crippen molar-refractivity contribution in [3.8, 4) is 0 Å². The summed E-state index contributed by atoms with van der Waals surface area (Å²) in [6.07, 6.45) is 4.02. The lowest BCUT2D eigenvalue weighted by Crippen LogP contribution is -2.48. The van der Waals surface area contributed by atoms with E-state index in [0.29, 0.717) is 13.1 Å². The molecule has 1 atom stereocenters. The predicted octanol–water partition coefficient (Wildman–Crippen LogP) is 4.80. The molecule has 0 saturated carbocycles. The van der Waals surface area contributed by atoms with E-state index in [1.807, 2.05) is 47.4 Å². The molecule has 0 bridgehead atoms. The second-order valence-corrected chi connectivity index (χ2v) is 7.93. The average molecular weight is 408 g/mol. The molecule has 5 nitrogen and oxygen atoms in total. The number of carbonyl (C=O) groups is 2. The van der Waals surface area contributed by atoms with Crippen LogP contribution in [0.15, 0.2) is 54.6 Å². The molecule has 0 radical (unpaired) electrons. The maximum atomic E-state index is 12.6. The Morgan fingerprint density at radius 3 is 2.20 bits per heavy atom. The molecule has 1 N–H and O–H groups in total. The lowest BCUT2D eigenvalue weighted by molar-refractivity contribution is -0.120. The number of amides is 2. The Morgan fingerprint density at radius 1 is 0.933 bits per heavy atom. The molecule has 160 valence electrons. The fourth-order valence-corrected chi connectivity index (χ4v) is 3.90. The van der Waals surface area contributed by atoms with Crippen LogP contribution in [0.5, 0.6) is 0 Å². The molecule has 0 aromatic heterocycles. The summed E-state index contributed by atoms with van der Waals surface area (Å²) in [6, 6.07) is 17.5. The van der Waals surface area contributed by atoms with Crippen LogP contribution in [0.2, 0.25) is 0 Å².